The molecule has 1 aromatic carbocycles. The van der Waals surface area contributed by atoms with Crippen LogP contribution in [0.5, 0.6) is 0 Å². The Morgan fingerprint density at radius 2 is 2.00 bits per heavy atom. The molecule has 0 amide bonds. The van der Waals surface area contributed by atoms with Crippen molar-refractivity contribution in [3.63, 3.8) is 0 Å². The number of anilines is 1. The fourth-order valence-electron chi connectivity index (χ4n) is 0.864. The second-order valence-corrected chi connectivity index (χ2v) is 3.37. The molecule has 1 aromatic rings. The molecule has 0 bridgehead atoms. The number of nitrogens with two attached hydrogens (primary N) is 1. The zero-order chi connectivity index (χ0) is 9.84. The molecule has 2 N–H and O–H groups in total. The largest absolute Gasteiger partial charge is 0.326 e. The lowest BCUT2D eigenvalue weighted by Crippen LogP contribution is -2.13. The Morgan fingerprint density at radius 1 is 1.46 bits per heavy atom. The molecule has 2 nitrogen and oxygen atoms in total. The van der Waals surface area contributed by atoms with Crippen molar-refractivity contribution in [1.29, 1.82) is 0 Å². The van der Waals surface area contributed by atoms with Crippen LogP contribution in [0.4, 0.5) is 10.2 Å². The van der Waals surface area contributed by atoms with Crippen LogP contribution in [0.25, 0.3) is 0 Å². The highest BCUT2D eigenvalue weighted by atomic mass is 35.5. The van der Waals surface area contributed by atoms with Gasteiger partial charge in [-0.1, -0.05) is 16.6 Å². The Balaban J connectivity index is 2.85. The summed E-state index contributed by atoms with van der Waals surface area (Å²) in [5, 5.41) is 0.233. The van der Waals surface area contributed by atoms with Gasteiger partial charge < -0.3 is 5.73 Å². The van der Waals surface area contributed by atoms with Gasteiger partial charge >= 0.3 is 0 Å². The van der Waals surface area contributed by atoms with Gasteiger partial charge in [-0.2, -0.15) is 5.12 Å². The maximum absolute atomic E-state index is 13.0. The van der Waals surface area contributed by atoms with Gasteiger partial charge in [-0.3, -0.25) is 0 Å². The highest BCUT2D eigenvalue weighted by Crippen LogP contribution is 2.17. The third-order valence-electron chi connectivity index (χ3n) is 1.55. The smallest absolute Gasteiger partial charge is 0.204 e. The van der Waals surface area contributed by atoms with E-state index in [1.54, 1.807) is 24.3 Å². The average Bonchev–Trinajstić information content (AvgIpc) is 2.17. The Kier molecular flexibility index (Phi) is 3.59. The van der Waals surface area contributed by atoms with E-state index in [1.165, 1.54) is 0 Å². The van der Waals surface area contributed by atoms with Gasteiger partial charge in [0.1, 0.15) is 0 Å². The fraction of sp³-hybridized carbons (Fsp3) is 0.125. The van der Waals surface area contributed by atoms with Crippen molar-refractivity contribution >= 4 is 34.0 Å². The molecule has 0 spiro atoms. The number of halogens is 2. The summed E-state index contributed by atoms with van der Waals surface area (Å²) in [7, 11) is 0. The standard InChI is InChI=1S/C8H8ClFN2S/c9-8(13)12(10)7-3-1-6(5-11)2-4-7/h1-4H,5,11H2. The molecule has 0 saturated heterocycles. The Labute approximate surface area is 86.0 Å². The molecular weight excluding hydrogens is 211 g/mol. The third kappa shape index (κ3) is 2.62. The van der Waals surface area contributed by atoms with E-state index < -0.39 is 0 Å². The number of benzene rings is 1. The summed E-state index contributed by atoms with van der Waals surface area (Å²) in [6.45, 7) is 0.428. The first kappa shape index (κ1) is 10.4. The van der Waals surface area contributed by atoms with Gasteiger partial charge in [-0.05, 0) is 41.5 Å². The van der Waals surface area contributed by atoms with E-state index >= 15 is 0 Å². The van der Waals surface area contributed by atoms with Gasteiger partial charge in [0, 0.05) is 6.54 Å². The lowest BCUT2D eigenvalue weighted by Gasteiger charge is -2.09. The van der Waals surface area contributed by atoms with Gasteiger partial charge in [0.15, 0.2) is 0 Å². The molecule has 0 aliphatic heterocycles. The van der Waals surface area contributed by atoms with Crippen molar-refractivity contribution in [3.05, 3.63) is 29.8 Å². The number of hydrogen-bond donors (Lipinski definition) is 1. The molecule has 0 saturated carbocycles. The second-order valence-electron chi connectivity index (χ2n) is 2.40. The van der Waals surface area contributed by atoms with Crippen molar-refractivity contribution in [2.75, 3.05) is 5.12 Å². The normalized spacial score (nSPS) is 9.77. The predicted molar refractivity (Wildman–Crippen MR) is 56.4 cm³/mol. The minimum absolute atomic E-state index is 0.233. The Hall–Kier alpha value is -0.710. The second kappa shape index (κ2) is 4.50. The first-order valence-corrected chi connectivity index (χ1v) is 4.38. The summed E-state index contributed by atoms with van der Waals surface area (Å²) >= 11 is 9.75. The Bertz CT molecular complexity index is 302. The average molecular weight is 219 g/mol. The van der Waals surface area contributed by atoms with E-state index in [1.807, 2.05) is 0 Å². The molecule has 0 atom stereocenters. The molecule has 0 aromatic heterocycles. The quantitative estimate of drug-likeness (QED) is 0.358. The first-order valence-electron chi connectivity index (χ1n) is 3.59. The van der Waals surface area contributed by atoms with Crippen LogP contribution in [0.3, 0.4) is 0 Å². The van der Waals surface area contributed by atoms with Gasteiger partial charge in [0.05, 0.1) is 5.69 Å². The minimum Gasteiger partial charge on any atom is -0.326 e. The van der Waals surface area contributed by atoms with Crippen molar-refractivity contribution in [1.82, 2.24) is 0 Å². The highest BCUT2D eigenvalue weighted by molar-refractivity contribution is 7.83. The van der Waals surface area contributed by atoms with Crippen molar-refractivity contribution in [2.24, 2.45) is 5.73 Å². The van der Waals surface area contributed by atoms with Gasteiger partial charge in [-0.25, -0.2) is 0 Å². The van der Waals surface area contributed by atoms with Crippen LogP contribution >= 0.6 is 23.8 Å². The molecule has 13 heavy (non-hydrogen) atoms. The lowest BCUT2D eigenvalue weighted by molar-refractivity contribution is 0.528. The fourth-order valence-corrected chi connectivity index (χ4v) is 1.07. The minimum atomic E-state index is -0.333. The van der Waals surface area contributed by atoms with Gasteiger partial charge in [-0.15, -0.1) is 0 Å². The SMILES string of the molecule is NCc1ccc(N(F)C(=S)Cl)cc1. The molecule has 0 aliphatic carbocycles. The van der Waals surface area contributed by atoms with Crippen LogP contribution in [-0.4, -0.2) is 4.45 Å². The zero-order valence-corrected chi connectivity index (χ0v) is 8.28. The summed E-state index contributed by atoms with van der Waals surface area (Å²) in [5.74, 6) is 0. The molecule has 0 radical (unpaired) electrons. The first-order chi connectivity index (χ1) is 6.15. The molecule has 0 unspecified atom stereocenters. The zero-order valence-electron chi connectivity index (χ0n) is 6.71. The van der Waals surface area contributed by atoms with Crippen LogP contribution in [0.2, 0.25) is 0 Å². The van der Waals surface area contributed by atoms with Crippen LogP contribution in [0, 0.1) is 0 Å². The number of nitrogens with zero attached hydrogens (tertiary/aromatic N) is 1. The van der Waals surface area contributed by atoms with Crippen LogP contribution in [0.1, 0.15) is 5.56 Å². The Morgan fingerprint density at radius 3 is 2.38 bits per heavy atom. The maximum Gasteiger partial charge on any atom is 0.204 e. The molecular formula is C8H8ClFN2S. The molecule has 0 aliphatic rings. The van der Waals surface area contributed by atoms with E-state index in [4.69, 9.17) is 17.3 Å². The summed E-state index contributed by atoms with van der Waals surface area (Å²) in [6, 6.07) is 6.57. The molecule has 70 valence electrons. The number of rotatable bonds is 2. The van der Waals surface area contributed by atoms with E-state index in [9.17, 15) is 4.48 Å². The van der Waals surface area contributed by atoms with E-state index in [0.717, 1.165) is 5.56 Å². The predicted octanol–water partition coefficient (Wildman–Crippen LogP) is 2.36. The summed E-state index contributed by atoms with van der Waals surface area (Å²) in [4.78, 5) is 0. The monoisotopic (exact) mass is 218 g/mol. The topological polar surface area (TPSA) is 29.3 Å². The lowest BCUT2D eigenvalue weighted by atomic mass is 10.2. The van der Waals surface area contributed by atoms with Crippen LogP contribution in [-0.2, 0) is 6.54 Å². The maximum atomic E-state index is 13.0. The summed E-state index contributed by atoms with van der Waals surface area (Å²) in [6.07, 6.45) is 0. The molecule has 0 heterocycles. The summed E-state index contributed by atoms with van der Waals surface area (Å²) < 4.78 is 12.7. The molecule has 1 rings (SSSR count). The molecule has 5 heteroatoms. The van der Waals surface area contributed by atoms with Gasteiger partial charge in [0.25, 0.3) is 0 Å². The van der Waals surface area contributed by atoms with E-state index in [-0.39, 0.29) is 9.57 Å². The number of thiocarbonyl (C=S) groups is 1. The highest BCUT2D eigenvalue weighted by Gasteiger charge is 2.07. The number of hydrogen-bond acceptors (Lipinski definition) is 2. The van der Waals surface area contributed by atoms with Crippen molar-refractivity contribution < 1.29 is 4.48 Å². The van der Waals surface area contributed by atoms with E-state index in [0.29, 0.717) is 12.2 Å². The summed E-state index contributed by atoms with van der Waals surface area (Å²) in [5.41, 5.74) is 6.61. The van der Waals surface area contributed by atoms with Crippen molar-refractivity contribution in [2.45, 2.75) is 6.54 Å². The van der Waals surface area contributed by atoms with Crippen molar-refractivity contribution in [3.8, 4) is 0 Å². The van der Waals surface area contributed by atoms with E-state index in [2.05, 4.69) is 12.2 Å². The third-order valence-corrected chi connectivity index (χ3v) is 1.86. The van der Waals surface area contributed by atoms with Crippen LogP contribution in [0.15, 0.2) is 24.3 Å². The molecule has 0 fully saturated rings. The van der Waals surface area contributed by atoms with Crippen LogP contribution < -0.4 is 10.9 Å². The van der Waals surface area contributed by atoms with Gasteiger partial charge in [0.2, 0.25) is 4.45 Å².